The van der Waals surface area contributed by atoms with Gasteiger partial charge in [-0.05, 0) is 44.5 Å². The Morgan fingerprint density at radius 2 is 0.891 bits per heavy atom. The molecule has 0 fully saturated rings. The average Bonchev–Trinajstić information content (AvgIpc) is 3.12. The van der Waals surface area contributed by atoms with Crippen molar-refractivity contribution in [3.05, 3.63) is 119 Å². The van der Waals surface area contributed by atoms with Gasteiger partial charge in [-0.2, -0.15) is 0 Å². The molecule has 0 aliphatic carbocycles. The Morgan fingerprint density at radius 3 is 1.33 bits per heavy atom. The van der Waals surface area contributed by atoms with Gasteiger partial charge in [0, 0.05) is 44.2 Å². The maximum atomic E-state index is 13.7. The van der Waals surface area contributed by atoms with Gasteiger partial charge in [0.2, 0.25) is 0 Å². The quantitative estimate of drug-likeness (QED) is 0.145. The molecule has 46 heavy (non-hydrogen) atoms. The summed E-state index contributed by atoms with van der Waals surface area (Å²) in [5.41, 5.74) is 4.89. The Kier molecular flexibility index (Phi) is 5.66. The van der Waals surface area contributed by atoms with Crippen LogP contribution in [-0.2, 0) is 22.7 Å². The number of methoxy groups -OCH3 is 2. The molecule has 0 aromatic heterocycles. The first-order valence-electron chi connectivity index (χ1n) is 15.1. The van der Waals surface area contributed by atoms with E-state index in [-0.39, 0.29) is 24.3 Å². The number of esters is 2. The molecule has 0 amide bonds. The molecule has 6 heteroatoms. The van der Waals surface area contributed by atoms with Gasteiger partial charge in [0.15, 0.2) is 0 Å². The van der Waals surface area contributed by atoms with Crippen molar-refractivity contribution in [2.24, 2.45) is 0 Å². The second-order valence-electron chi connectivity index (χ2n) is 11.7. The van der Waals surface area contributed by atoms with Crippen LogP contribution in [0.25, 0.3) is 65.3 Å². The van der Waals surface area contributed by atoms with Gasteiger partial charge in [-0.1, -0.05) is 84.9 Å². The van der Waals surface area contributed by atoms with Crippen LogP contribution >= 0.6 is 0 Å². The third-order valence-electron chi connectivity index (χ3n) is 9.47. The first-order chi connectivity index (χ1) is 22.6. The largest absolute Gasteiger partial charge is 0.488 e. The zero-order valence-electron chi connectivity index (χ0n) is 25.1. The van der Waals surface area contributed by atoms with E-state index in [1.54, 1.807) is 0 Å². The monoisotopic (exact) mass is 602 g/mol. The maximum absolute atomic E-state index is 13.7. The van der Waals surface area contributed by atoms with Crippen molar-refractivity contribution in [2.45, 2.75) is 13.2 Å². The van der Waals surface area contributed by atoms with Gasteiger partial charge >= 0.3 is 11.9 Å². The van der Waals surface area contributed by atoms with Crippen LogP contribution < -0.4 is 9.47 Å². The van der Waals surface area contributed by atoms with E-state index in [2.05, 4.69) is 60.7 Å². The second-order valence-corrected chi connectivity index (χ2v) is 11.7. The zero-order chi connectivity index (χ0) is 31.1. The summed E-state index contributed by atoms with van der Waals surface area (Å²) in [6, 6.07) is 33.1. The van der Waals surface area contributed by atoms with Crippen LogP contribution in [0.4, 0.5) is 0 Å². The Hall–Kier alpha value is -5.88. The molecule has 0 saturated heterocycles. The summed E-state index contributed by atoms with van der Waals surface area (Å²) in [4.78, 5) is 27.4. The molecule has 0 N–H and O–H groups in total. The molecular formula is C40H26O6. The third kappa shape index (κ3) is 3.52. The number of ether oxygens (including phenoxy) is 4. The Labute approximate surface area is 263 Å². The minimum atomic E-state index is -0.634. The highest BCUT2D eigenvalue weighted by molar-refractivity contribution is 6.23. The van der Waals surface area contributed by atoms with Crippen molar-refractivity contribution in [1.82, 2.24) is 0 Å². The average molecular weight is 603 g/mol. The Balaban J connectivity index is 1.57. The van der Waals surface area contributed by atoms with Gasteiger partial charge in [-0.25, -0.2) is 9.59 Å². The number of hydrogen-bond donors (Lipinski definition) is 0. The van der Waals surface area contributed by atoms with E-state index in [0.717, 1.165) is 65.3 Å². The van der Waals surface area contributed by atoms with Crippen LogP contribution in [0.1, 0.15) is 31.8 Å². The van der Waals surface area contributed by atoms with Crippen molar-refractivity contribution < 1.29 is 28.5 Å². The van der Waals surface area contributed by atoms with Crippen molar-refractivity contribution in [3.63, 3.8) is 0 Å². The molecule has 6 nitrogen and oxygen atoms in total. The van der Waals surface area contributed by atoms with Gasteiger partial charge in [0.1, 0.15) is 24.7 Å². The fourth-order valence-corrected chi connectivity index (χ4v) is 7.54. The van der Waals surface area contributed by atoms with Gasteiger partial charge in [0.25, 0.3) is 0 Å². The number of rotatable bonds is 2. The first kappa shape index (κ1) is 26.5. The summed E-state index contributed by atoms with van der Waals surface area (Å²) < 4.78 is 23.6. The topological polar surface area (TPSA) is 71.1 Å². The maximum Gasteiger partial charge on any atom is 0.339 e. The van der Waals surface area contributed by atoms with Crippen LogP contribution in [0.3, 0.4) is 0 Å². The molecule has 0 atom stereocenters. The standard InChI is InChI=1S/C40H26O6/c1-43-39(41)35-27-19-45-29-17-15-23-13-11-21-7-3-5-9-25(21)31(23)37(29)33(27)34-28(36(35)40(42)44-2)20-46-30-18-16-24-14-12-22-8-4-6-10-26(22)32(24)38(30)34/h3-18H,19-20H2,1-2H3. The van der Waals surface area contributed by atoms with E-state index in [1.807, 2.05) is 36.4 Å². The SMILES string of the molecule is COC(=O)c1c2c(c3c(c1C(=O)OC)COc1ccc4ccc5ccccc5c4c1-3)-c1c(ccc3ccc4ccccc4c13)OC2. The molecule has 2 aliphatic rings. The van der Waals surface area contributed by atoms with E-state index < -0.39 is 11.9 Å². The van der Waals surface area contributed by atoms with E-state index >= 15 is 0 Å². The second kappa shape index (κ2) is 9.81. The normalized spacial score (nSPS) is 12.9. The van der Waals surface area contributed by atoms with E-state index in [1.165, 1.54) is 14.2 Å². The van der Waals surface area contributed by atoms with Crippen LogP contribution in [0.5, 0.6) is 11.5 Å². The van der Waals surface area contributed by atoms with Gasteiger partial charge in [-0.15, -0.1) is 0 Å². The summed E-state index contributed by atoms with van der Waals surface area (Å²) in [7, 11) is 2.64. The molecule has 0 spiro atoms. The molecule has 0 radical (unpaired) electrons. The number of hydrogen-bond acceptors (Lipinski definition) is 6. The van der Waals surface area contributed by atoms with Crippen LogP contribution in [0.2, 0.25) is 0 Å². The lowest BCUT2D eigenvalue weighted by molar-refractivity contribution is 0.0550. The van der Waals surface area contributed by atoms with E-state index in [0.29, 0.717) is 22.6 Å². The minimum Gasteiger partial charge on any atom is -0.488 e. The van der Waals surface area contributed by atoms with Crippen LogP contribution in [-0.4, -0.2) is 26.2 Å². The molecule has 9 rings (SSSR count). The fourth-order valence-electron chi connectivity index (χ4n) is 7.54. The summed E-state index contributed by atoms with van der Waals surface area (Å²) in [5.74, 6) is 0.146. The highest BCUT2D eigenvalue weighted by atomic mass is 16.5. The number of carbonyl (C=O) groups excluding carboxylic acids is 2. The van der Waals surface area contributed by atoms with Crippen molar-refractivity contribution in [1.29, 1.82) is 0 Å². The first-order valence-corrected chi connectivity index (χ1v) is 15.1. The van der Waals surface area contributed by atoms with Crippen molar-refractivity contribution >= 4 is 55.0 Å². The van der Waals surface area contributed by atoms with Gasteiger partial charge in [0.05, 0.1) is 25.3 Å². The number of fused-ring (bicyclic) bond motifs is 15. The third-order valence-corrected chi connectivity index (χ3v) is 9.47. The minimum absolute atomic E-state index is 0.0714. The number of carbonyl (C=O) groups is 2. The molecular weight excluding hydrogens is 576 g/mol. The molecule has 2 aliphatic heterocycles. The summed E-state index contributed by atoms with van der Waals surface area (Å²) in [5, 5.41) is 8.40. The fraction of sp³-hybridized carbons (Fsp3) is 0.100. The highest BCUT2D eigenvalue weighted by Crippen LogP contribution is 2.56. The predicted molar refractivity (Wildman–Crippen MR) is 179 cm³/mol. The highest BCUT2D eigenvalue weighted by Gasteiger charge is 2.39. The smallest absolute Gasteiger partial charge is 0.339 e. The summed E-state index contributed by atoms with van der Waals surface area (Å²) in [6.45, 7) is 0.143. The van der Waals surface area contributed by atoms with Crippen LogP contribution in [0.15, 0.2) is 97.1 Å². The molecule has 7 aromatic rings. The molecule has 0 bridgehead atoms. The van der Waals surface area contributed by atoms with E-state index in [9.17, 15) is 9.59 Å². The Morgan fingerprint density at radius 1 is 0.500 bits per heavy atom. The van der Waals surface area contributed by atoms with Crippen molar-refractivity contribution in [3.8, 4) is 33.8 Å². The Bertz CT molecular complexity index is 2320. The predicted octanol–water partition coefficient (Wildman–Crippen LogP) is 8.99. The van der Waals surface area contributed by atoms with Crippen LogP contribution in [0, 0.1) is 0 Å². The lowest BCUT2D eigenvalue weighted by Crippen LogP contribution is -2.24. The molecule has 7 aromatic carbocycles. The molecule has 2 heterocycles. The summed E-state index contributed by atoms with van der Waals surface area (Å²) >= 11 is 0. The van der Waals surface area contributed by atoms with Gasteiger partial charge < -0.3 is 18.9 Å². The lowest BCUT2D eigenvalue weighted by atomic mass is 9.76. The molecule has 222 valence electrons. The van der Waals surface area contributed by atoms with Gasteiger partial charge in [-0.3, -0.25) is 0 Å². The number of benzene rings is 7. The lowest BCUT2D eigenvalue weighted by Gasteiger charge is -2.33. The molecule has 0 saturated carbocycles. The van der Waals surface area contributed by atoms with Crippen molar-refractivity contribution in [2.75, 3.05) is 14.2 Å². The zero-order valence-corrected chi connectivity index (χ0v) is 25.1. The van der Waals surface area contributed by atoms with E-state index in [4.69, 9.17) is 18.9 Å². The molecule has 0 unspecified atom stereocenters. The summed E-state index contributed by atoms with van der Waals surface area (Å²) in [6.07, 6.45) is 0.